The van der Waals surface area contributed by atoms with Crippen molar-refractivity contribution in [3.8, 4) is 0 Å². The lowest BCUT2D eigenvalue weighted by molar-refractivity contribution is -0.123. The van der Waals surface area contributed by atoms with E-state index in [-0.39, 0.29) is 34.8 Å². The quantitative estimate of drug-likeness (QED) is 0.482. The number of nitrogens with one attached hydrogen (secondary N) is 1. The molecule has 0 spiro atoms. The van der Waals surface area contributed by atoms with Crippen LogP contribution in [0.25, 0.3) is 0 Å². The number of hydrogen-bond acceptors (Lipinski definition) is 4. The standard InChI is InChI=1S/C34H42FN3O3/c1-23-8-5-12-29(35)30(23)33(40)38-17-7-11-28(32(39)36-26-10-6-9-25(22-26)34(2,3)4)31(38)24-13-15-27(16-14-24)37-18-20-41-21-19-37/h5-6,8-10,12-13,15-16,22,24,28,31H,7,11,14,17-21H2,1-4H3,(H,36,39)/t24?,28?,31-/m0/s1. The molecule has 3 aliphatic rings. The van der Waals surface area contributed by atoms with Gasteiger partial charge in [-0.05, 0) is 67.0 Å². The fraction of sp³-hybridized carbons (Fsp3) is 0.471. The number of rotatable bonds is 5. The molecule has 0 aromatic heterocycles. The van der Waals surface area contributed by atoms with Crippen LogP contribution in [0.1, 0.15) is 61.5 Å². The van der Waals surface area contributed by atoms with Gasteiger partial charge in [0.05, 0.1) is 30.7 Å². The van der Waals surface area contributed by atoms with Crippen molar-refractivity contribution in [3.63, 3.8) is 0 Å². The zero-order valence-electron chi connectivity index (χ0n) is 24.7. The number of morpholine rings is 1. The zero-order valence-corrected chi connectivity index (χ0v) is 24.7. The minimum absolute atomic E-state index is 0.0492. The molecule has 0 radical (unpaired) electrons. The van der Waals surface area contributed by atoms with E-state index in [1.165, 1.54) is 6.07 Å². The molecule has 1 aliphatic carbocycles. The maximum Gasteiger partial charge on any atom is 0.257 e. The van der Waals surface area contributed by atoms with Crippen molar-refractivity contribution in [2.24, 2.45) is 11.8 Å². The number of halogens is 1. The first-order valence-corrected chi connectivity index (χ1v) is 14.8. The Kier molecular flexibility index (Phi) is 8.64. The van der Waals surface area contributed by atoms with Crippen LogP contribution >= 0.6 is 0 Å². The van der Waals surface area contributed by atoms with Gasteiger partial charge in [0.2, 0.25) is 5.91 Å². The highest BCUT2D eigenvalue weighted by atomic mass is 19.1. The van der Waals surface area contributed by atoms with Crippen LogP contribution in [-0.4, -0.2) is 60.5 Å². The zero-order chi connectivity index (χ0) is 29.1. The number of ether oxygens (including phenoxy) is 1. The normalized spacial score (nSPS) is 23.2. The summed E-state index contributed by atoms with van der Waals surface area (Å²) in [5.74, 6) is -1.44. The maximum atomic E-state index is 15.0. The molecule has 0 saturated carbocycles. The number of aryl methyl sites for hydroxylation is 1. The third-order valence-electron chi connectivity index (χ3n) is 8.64. The topological polar surface area (TPSA) is 61.9 Å². The van der Waals surface area contributed by atoms with Gasteiger partial charge in [-0.1, -0.05) is 57.2 Å². The van der Waals surface area contributed by atoms with E-state index in [0.29, 0.717) is 44.6 Å². The molecule has 0 bridgehead atoms. The Morgan fingerprint density at radius 2 is 1.80 bits per heavy atom. The Balaban J connectivity index is 1.44. The predicted octanol–water partition coefficient (Wildman–Crippen LogP) is 6.08. The van der Waals surface area contributed by atoms with Crippen LogP contribution in [0.5, 0.6) is 0 Å². The van der Waals surface area contributed by atoms with Gasteiger partial charge >= 0.3 is 0 Å². The van der Waals surface area contributed by atoms with E-state index in [4.69, 9.17) is 4.74 Å². The number of benzene rings is 2. The molecule has 2 heterocycles. The van der Waals surface area contributed by atoms with Gasteiger partial charge in [0.1, 0.15) is 5.82 Å². The first-order valence-electron chi connectivity index (χ1n) is 14.8. The highest BCUT2D eigenvalue weighted by Crippen LogP contribution is 2.37. The van der Waals surface area contributed by atoms with Crippen molar-refractivity contribution in [1.82, 2.24) is 9.80 Å². The molecule has 2 saturated heterocycles. The van der Waals surface area contributed by atoms with E-state index in [2.05, 4.69) is 55.3 Å². The van der Waals surface area contributed by atoms with Crippen LogP contribution in [0.3, 0.4) is 0 Å². The van der Waals surface area contributed by atoms with Crippen LogP contribution in [0.15, 0.2) is 66.4 Å². The Bertz CT molecular complexity index is 1320. The molecular formula is C34H42FN3O3. The Hall–Kier alpha value is -3.45. The van der Waals surface area contributed by atoms with E-state index in [9.17, 15) is 14.0 Å². The number of anilines is 1. The van der Waals surface area contributed by atoms with Crippen molar-refractivity contribution in [3.05, 3.63) is 88.9 Å². The van der Waals surface area contributed by atoms with Crippen LogP contribution in [0.2, 0.25) is 0 Å². The second-order valence-corrected chi connectivity index (χ2v) is 12.5. The summed E-state index contributed by atoms with van der Waals surface area (Å²) in [5, 5.41) is 3.16. The van der Waals surface area contributed by atoms with E-state index >= 15 is 0 Å². The largest absolute Gasteiger partial charge is 0.378 e. The number of piperidine rings is 1. The molecule has 2 aliphatic heterocycles. The fourth-order valence-corrected chi connectivity index (χ4v) is 6.35. The minimum Gasteiger partial charge on any atom is -0.378 e. The predicted molar refractivity (Wildman–Crippen MR) is 160 cm³/mol. The fourth-order valence-electron chi connectivity index (χ4n) is 6.35. The van der Waals surface area contributed by atoms with Gasteiger partial charge in [0.15, 0.2) is 0 Å². The molecule has 41 heavy (non-hydrogen) atoms. The molecule has 218 valence electrons. The first-order chi connectivity index (χ1) is 19.6. The Morgan fingerprint density at radius 1 is 1.05 bits per heavy atom. The maximum absolute atomic E-state index is 15.0. The summed E-state index contributed by atoms with van der Waals surface area (Å²) >= 11 is 0. The Labute approximate surface area is 243 Å². The summed E-state index contributed by atoms with van der Waals surface area (Å²) in [6, 6.07) is 12.3. The molecule has 2 amide bonds. The molecule has 1 N–H and O–H groups in total. The van der Waals surface area contributed by atoms with Crippen LogP contribution < -0.4 is 5.32 Å². The van der Waals surface area contributed by atoms with Crippen molar-refractivity contribution in [2.75, 3.05) is 38.2 Å². The summed E-state index contributed by atoms with van der Waals surface area (Å²) in [4.78, 5) is 32.0. The van der Waals surface area contributed by atoms with Crippen molar-refractivity contribution >= 4 is 17.5 Å². The van der Waals surface area contributed by atoms with Gasteiger partial charge in [-0.25, -0.2) is 4.39 Å². The smallest absolute Gasteiger partial charge is 0.257 e. The van der Waals surface area contributed by atoms with E-state index < -0.39 is 11.7 Å². The monoisotopic (exact) mass is 559 g/mol. The number of likely N-dealkylation sites (tertiary alicyclic amines) is 1. The highest BCUT2D eigenvalue weighted by Gasteiger charge is 2.43. The van der Waals surface area contributed by atoms with Gasteiger partial charge in [0.25, 0.3) is 5.91 Å². The van der Waals surface area contributed by atoms with Gasteiger partial charge in [-0.2, -0.15) is 0 Å². The number of nitrogens with zero attached hydrogens (tertiary/aromatic N) is 2. The average Bonchev–Trinajstić information content (AvgIpc) is 2.97. The lowest BCUT2D eigenvalue weighted by atomic mass is 9.77. The van der Waals surface area contributed by atoms with Crippen molar-refractivity contribution in [2.45, 2.75) is 58.4 Å². The van der Waals surface area contributed by atoms with E-state index in [1.807, 2.05) is 18.2 Å². The van der Waals surface area contributed by atoms with Gasteiger partial charge in [-0.15, -0.1) is 0 Å². The third kappa shape index (κ3) is 6.40. The van der Waals surface area contributed by atoms with Crippen molar-refractivity contribution in [1.29, 1.82) is 0 Å². The number of carbonyl (C=O) groups is 2. The second kappa shape index (κ2) is 12.2. The van der Waals surface area contributed by atoms with E-state index in [0.717, 1.165) is 30.0 Å². The lowest BCUT2D eigenvalue weighted by Gasteiger charge is -2.45. The minimum atomic E-state index is -0.520. The lowest BCUT2D eigenvalue weighted by Crippen LogP contribution is -2.55. The molecule has 2 fully saturated rings. The molecule has 3 atom stereocenters. The third-order valence-corrected chi connectivity index (χ3v) is 8.64. The Morgan fingerprint density at radius 3 is 2.49 bits per heavy atom. The summed E-state index contributed by atoms with van der Waals surface area (Å²) < 4.78 is 20.5. The first kappa shape index (κ1) is 29.1. The molecular weight excluding hydrogens is 517 g/mol. The number of amides is 2. The summed E-state index contributed by atoms with van der Waals surface area (Å²) in [6.45, 7) is 11.8. The van der Waals surface area contributed by atoms with E-state index in [1.54, 1.807) is 24.0 Å². The molecule has 7 heteroatoms. The second-order valence-electron chi connectivity index (χ2n) is 12.5. The molecule has 2 aromatic rings. The van der Waals surface area contributed by atoms with Crippen LogP contribution in [0, 0.1) is 24.6 Å². The number of hydrogen-bond donors (Lipinski definition) is 1. The molecule has 5 rings (SSSR count). The van der Waals surface area contributed by atoms with Gasteiger partial charge in [0, 0.05) is 36.9 Å². The molecule has 2 aromatic carbocycles. The summed E-state index contributed by atoms with van der Waals surface area (Å²) in [6.07, 6.45) is 8.53. The van der Waals surface area contributed by atoms with Crippen molar-refractivity contribution < 1.29 is 18.7 Å². The summed E-state index contributed by atoms with van der Waals surface area (Å²) in [7, 11) is 0. The number of carbonyl (C=O) groups excluding carboxylic acids is 2. The van der Waals surface area contributed by atoms with Gasteiger partial charge < -0.3 is 19.9 Å². The van der Waals surface area contributed by atoms with Gasteiger partial charge in [-0.3, -0.25) is 9.59 Å². The molecule has 2 unspecified atom stereocenters. The summed E-state index contributed by atoms with van der Waals surface area (Å²) in [5.41, 5.74) is 3.70. The average molecular weight is 560 g/mol. The SMILES string of the molecule is Cc1cccc(F)c1C(=O)N1CCCC(C(=O)Nc2cccc(C(C)(C)C)c2)[C@@H]1C1C=CC(N2CCOCC2)=CC1. The highest BCUT2D eigenvalue weighted by molar-refractivity contribution is 5.98. The number of allylic oxidation sites excluding steroid dienone is 2. The van der Waals surface area contributed by atoms with Crippen LogP contribution in [-0.2, 0) is 14.9 Å². The molecule has 6 nitrogen and oxygen atoms in total. The van der Waals surface area contributed by atoms with Crippen LogP contribution in [0.4, 0.5) is 10.1 Å².